The molecule has 0 aliphatic rings. The number of hydrogen-bond donors (Lipinski definition) is 1. The molecule has 0 fully saturated rings. The van der Waals surface area contributed by atoms with Crippen LogP contribution in [0.3, 0.4) is 0 Å². The maximum atomic E-state index is 12.5. The van der Waals surface area contributed by atoms with Crippen LogP contribution in [-0.2, 0) is 25.4 Å². The fraction of sp³-hybridized carbons (Fsp3) is 0.211. The Morgan fingerprint density at radius 2 is 1.90 bits per heavy atom. The van der Waals surface area contributed by atoms with Gasteiger partial charge in [-0.2, -0.15) is 0 Å². The first-order valence-corrected chi connectivity index (χ1v) is 9.63. The Kier molecular flexibility index (Phi) is 4.69. The van der Waals surface area contributed by atoms with E-state index in [1.54, 1.807) is 29.8 Å². The predicted molar refractivity (Wildman–Crippen MR) is 114 cm³/mol. The summed E-state index contributed by atoms with van der Waals surface area (Å²) in [4.78, 5) is 52.5. The Labute approximate surface area is 176 Å². The Morgan fingerprint density at radius 1 is 1.17 bits per heavy atom. The maximum absolute atomic E-state index is 12.5. The van der Waals surface area contributed by atoms with Crippen molar-refractivity contribution in [1.29, 1.82) is 0 Å². The first-order chi connectivity index (χ1) is 14.2. The van der Waals surface area contributed by atoms with Crippen LogP contribution in [0.4, 0.5) is 5.69 Å². The zero-order valence-corrected chi connectivity index (χ0v) is 17.8. The van der Waals surface area contributed by atoms with Crippen molar-refractivity contribution in [2.45, 2.75) is 13.5 Å². The highest BCUT2D eigenvalue weighted by Crippen LogP contribution is 2.24. The number of halogens is 1. The van der Waals surface area contributed by atoms with E-state index in [1.165, 1.54) is 24.6 Å². The van der Waals surface area contributed by atoms with Crippen LogP contribution in [0.1, 0.15) is 12.5 Å². The summed E-state index contributed by atoms with van der Waals surface area (Å²) in [5.41, 5.74) is 0.289. The number of nitrogens with zero attached hydrogens (tertiary/aromatic N) is 4. The van der Waals surface area contributed by atoms with Crippen molar-refractivity contribution in [1.82, 2.24) is 18.7 Å². The van der Waals surface area contributed by atoms with Gasteiger partial charge in [0.05, 0.1) is 6.54 Å². The number of imidazole rings is 1. The lowest BCUT2D eigenvalue weighted by atomic mass is 10.1. The van der Waals surface area contributed by atoms with E-state index >= 15 is 0 Å². The minimum atomic E-state index is -0.567. The van der Waals surface area contributed by atoms with Gasteiger partial charge in [-0.3, -0.25) is 23.3 Å². The molecule has 0 atom stereocenters. The van der Waals surface area contributed by atoms with E-state index in [0.29, 0.717) is 32.6 Å². The van der Waals surface area contributed by atoms with Gasteiger partial charge in [-0.05, 0) is 33.6 Å². The maximum Gasteiger partial charge on any atom is 0.336 e. The fourth-order valence-electron chi connectivity index (χ4n) is 3.41. The predicted octanol–water partition coefficient (Wildman–Crippen LogP) is 1.31. The lowest BCUT2D eigenvalue weighted by Crippen LogP contribution is -2.37. The van der Waals surface area contributed by atoms with Crippen molar-refractivity contribution in [2.75, 3.05) is 5.32 Å². The van der Waals surface area contributed by atoms with Crippen molar-refractivity contribution in [3.63, 3.8) is 0 Å². The number of nitrogens with one attached hydrogen (secondary N) is 1. The summed E-state index contributed by atoms with van der Waals surface area (Å²) >= 11 is 3.35. The third-order valence-electron chi connectivity index (χ3n) is 4.77. The number of aryl methyl sites for hydroxylation is 1. The summed E-state index contributed by atoms with van der Waals surface area (Å²) < 4.78 is 9.58. The van der Waals surface area contributed by atoms with E-state index in [2.05, 4.69) is 26.2 Å². The SMILES string of the molecule is CC(=O)Nc1ccc2c(Cn3c(Br)nc4c(=O)n(C)c(=O)n(C)c43)cc(=O)oc2c1. The number of rotatable bonds is 3. The molecule has 30 heavy (non-hydrogen) atoms. The molecule has 154 valence electrons. The van der Waals surface area contributed by atoms with E-state index in [1.807, 2.05) is 0 Å². The first kappa shape index (κ1) is 19.8. The standard InChI is InChI=1S/C19H16BrN5O5/c1-9(26)21-11-4-5-12-10(6-14(27)30-13(12)7-11)8-25-16-15(22-18(25)20)17(28)24(3)19(29)23(16)2/h4-7H,8H2,1-3H3,(H,21,26). The Bertz CT molecular complexity index is 1530. The van der Waals surface area contributed by atoms with Crippen molar-refractivity contribution in [3.8, 4) is 0 Å². The van der Waals surface area contributed by atoms with Crippen molar-refractivity contribution < 1.29 is 9.21 Å². The second-order valence-electron chi connectivity index (χ2n) is 6.83. The number of benzene rings is 1. The third-order valence-corrected chi connectivity index (χ3v) is 5.38. The van der Waals surface area contributed by atoms with Gasteiger partial charge in [0.1, 0.15) is 5.58 Å². The minimum Gasteiger partial charge on any atom is -0.423 e. The molecule has 4 aromatic rings. The van der Waals surface area contributed by atoms with Crippen LogP contribution >= 0.6 is 15.9 Å². The van der Waals surface area contributed by atoms with Gasteiger partial charge in [0.15, 0.2) is 15.9 Å². The van der Waals surface area contributed by atoms with E-state index < -0.39 is 16.9 Å². The van der Waals surface area contributed by atoms with Gasteiger partial charge in [0.25, 0.3) is 5.56 Å². The minimum absolute atomic E-state index is 0.131. The zero-order valence-electron chi connectivity index (χ0n) is 16.2. The van der Waals surface area contributed by atoms with Gasteiger partial charge in [-0.1, -0.05) is 0 Å². The molecule has 4 rings (SSSR count). The number of carbonyl (C=O) groups is 1. The monoisotopic (exact) mass is 473 g/mol. The van der Waals surface area contributed by atoms with E-state index in [-0.39, 0.29) is 18.0 Å². The Hall–Kier alpha value is -3.47. The summed E-state index contributed by atoms with van der Waals surface area (Å²) in [6.45, 7) is 1.53. The van der Waals surface area contributed by atoms with Crippen molar-refractivity contribution >= 4 is 49.7 Å². The molecule has 0 radical (unpaired) electrons. The van der Waals surface area contributed by atoms with Crippen LogP contribution in [0.2, 0.25) is 0 Å². The number of carbonyl (C=O) groups excluding carboxylic acids is 1. The zero-order chi connectivity index (χ0) is 21.7. The lowest BCUT2D eigenvalue weighted by Gasteiger charge is -2.11. The van der Waals surface area contributed by atoms with Crippen LogP contribution in [0, 0.1) is 0 Å². The molecule has 0 aliphatic heterocycles. The highest BCUT2D eigenvalue weighted by atomic mass is 79.9. The lowest BCUT2D eigenvalue weighted by molar-refractivity contribution is -0.114. The second-order valence-corrected chi connectivity index (χ2v) is 7.54. The summed E-state index contributed by atoms with van der Waals surface area (Å²) in [5.74, 6) is -0.246. The van der Waals surface area contributed by atoms with Gasteiger partial charge in [-0.25, -0.2) is 14.6 Å². The summed E-state index contributed by atoms with van der Waals surface area (Å²) in [6.07, 6.45) is 0. The van der Waals surface area contributed by atoms with E-state index in [0.717, 1.165) is 4.57 Å². The highest BCUT2D eigenvalue weighted by Gasteiger charge is 2.19. The quantitative estimate of drug-likeness (QED) is 0.353. The molecule has 10 nitrogen and oxygen atoms in total. The molecule has 0 aliphatic carbocycles. The molecule has 0 saturated heterocycles. The van der Waals surface area contributed by atoms with Gasteiger partial charge in [0.2, 0.25) is 5.91 Å². The number of anilines is 1. The van der Waals surface area contributed by atoms with Crippen LogP contribution in [0.25, 0.3) is 22.1 Å². The number of aromatic nitrogens is 4. The molecule has 0 saturated carbocycles. The number of hydrogen-bond acceptors (Lipinski definition) is 6. The molecule has 1 amide bonds. The molecule has 0 unspecified atom stereocenters. The molecule has 3 heterocycles. The fourth-order valence-corrected chi connectivity index (χ4v) is 3.89. The molecule has 1 aromatic carbocycles. The topological polar surface area (TPSA) is 121 Å². The Balaban J connectivity index is 1.93. The van der Waals surface area contributed by atoms with Crippen molar-refractivity contribution in [2.24, 2.45) is 14.1 Å². The average Bonchev–Trinajstić information content (AvgIpc) is 3.00. The summed E-state index contributed by atoms with van der Waals surface area (Å²) in [5, 5.41) is 3.29. The normalized spacial score (nSPS) is 11.3. The van der Waals surface area contributed by atoms with E-state index in [4.69, 9.17) is 4.42 Å². The molecule has 1 N–H and O–H groups in total. The van der Waals surface area contributed by atoms with Gasteiger partial charge < -0.3 is 9.73 Å². The van der Waals surface area contributed by atoms with Crippen LogP contribution in [-0.4, -0.2) is 24.6 Å². The van der Waals surface area contributed by atoms with Crippen molar-refractivity contribution in [3.05, 3.63) is 65.8 Å². The van der Waals surface area contributed by atoms with Gasteiger partial charge in [-0.15, -0.1) is 0 Å². The highest BCUT2D eigenvalue weighted by molar-refractivity contribution is 9.10. The van der Waals surface area contributed by atoms with Crippen LogP contribution < -0.4 is 22.2 Å². The van der Waals surface area contributed by atoms with Gasteiger partial charge >= 0.3 is 11.3 Å². The molecule has 11 heteroatoms. The van der Waals surface area contributed by atoms with Crippen LogP contribution in [0.15, 0.2) is 47.8 Å². The third kappa shape index (κ3) is 3.16. The molecule has 3 aromatic heterocycles. The van der Waals surface area contributed by atoms with Gasteiger partial charge in [0, 0.05) is 44.2 Å². The van der Waals surface area contributed by atoms with E-state index in [9.17, 15) is 19.2 Å². The molecule has 0 bridgehead atoms. The largest absolute Gasteiger partial charge is 0.423 e. The van der Waals surface area contributed by atoms with Crippen LogP contribution in [0.5, 0.6) is 0 Å². The first-order valence-electron chi connectivity index (χ1n) is 8.83. The number of fused-ring (bicyclic) bond motifs is 2. The smallest absolute Gasteiger partial charge is 0.336 e. The molecular weight excluding hydrogens is 458 g/mol. The summed E-state index contributed by atoms with van der Waals surface area (Å²) in [6, 6.07) is 6.33. The Morgan fingerprint density at radius 3 is 2.60 bits per heavy atom. The number of amides is 1. The molecule has 0 spiro atoms. The second kappa shape index (κ2) is 7.10. The average molecular weight is 474 g/mol. The molecular formula is C19H16BrN5O5. The summed E-state index contributed by atoms with van der Waals surface area (Å²) in [7, 11) is 2.94.